The lowest BCUT2D eigenvalue weighted by Crippen LogP contribution is -2.61. The van der Waals surface area contributed by atoms with Crippen LogP contribution in [-0.4, -0.2) is 105 Å². The molecular weight excluding hydrogens is 777 g/mol. The highest BCUT2D eigenvalue weighted by atomic mass is 32.2. The van der Waals surface area contributed by atoms with Crippen LogP contribution < -0.4 is 20.7 Å². The molecular formula is C47H80N6O6S. The van der Waals surface area contributed by atoms with E-state index in [9.17, 15) is 28.2 Å². The molecule has 3 unspecified atom stereocenters. The molecule has 2 aliphatic heterocycles. The van der Waals surface area contributed by atoms with Crippen molar-refractivity contribution in [1.82, 2.24) is 30.5 Å². The van der Waals surface area contributed by atoms with Crippen LogP contribution in [-0.2, 0) is 33.7 Å². The molecule has 2 heterocycles. The topological polar surface area (TPSA) is 157 Å². The van der Waals surface area contributed by atoms with Crippen LogP contribution in [0.15, 0.2) is 12.7 Å². The molecule has 5 aliphatic carbocycles. The van der Waals surface area contributed by atoms with Crippen LogP contribution in [0.3, 0.4) is 0 Å². The molecule has 0 aromatic heterocycles. The van der Waals surface area contributed by atoms with Gasteiger partial charge >= 0.3 is 0 Å². The maximum Gasteiger partial charge on any atom is 0.257 e. The predicted molar refractivity (Wildman–Crippen MR) is 241 cm³/mol. The first kappa shape index (κ1) is 48.1. The lowest BCUT2D eigenvalue weighted by Gasteiger charge is -2.37. The number of hydrogen-bond donors (Lipinski definition) is 4. The summed E-state index contributed by atoms with van der Waals surface area (Å²) < 4.78 is 14.8. The van der Waals surface area contributed by atoms with E-state index in [0.717, 1.165) is 57.0 Å². The van der Waals surface area contributed by atoms with Crippen LogP contribution in [0.2, 0.25) is 0 Å². The van der Waals surface area contributed by atoms with E-state index in [1.807, 2.05) is 20.8 Å². The SMILES string of the molecule is C1CCCC1.C=C[C@@H]1C[C@]1(NC(=O)[C@@H]1CC2(CN1C(=O)[C@@H](NC(=O)C(NC=O)C1CCCC1)C(C)(C)C)C(C)(C)C21CCC1)C(=O)NS(=C)(C)=O.CC(C)N1CCC[C@H]1C. The van der Waals surface area contributed by atoms with E-state index in [1.54, 1.807) is 11.0 Å². The number of hydrogen-bond acceptors (Lipinski definition) is 7. The molecule has 7 aliphatic rings. The van der Waals surface area contributed by atoms with Crippen molar-refractivity contribution in [3.8, 4) is 0 Å². The van der Waals surface area contributed by atoms with Gasteiger partial charge in [0.05, 0.1) is 0 Å². The molecule has 7 rings (SSSR count). The zero-order valence-corrected chi connectivity index (χ0v) is 39.4. The van der Waals surface area contributed by atoms with Gasteiger partial charge in [-0.15, -0.1) is 6.58 Å². The maximum atomic E-state index is 14.7. The number of nitrogens with zero attached hydrogens (tertiary/aromatic N) is 2. The summed E-state index contributed by atoms with van der Waals surface area (Å²) in [5, 5.41) is 8.64. The Kier molecular flexibility index (Phi) is 14.8. The first-order valence-corrected chi connectivity index (χ1v) is 25.3. The highest BCUT2D eigenvalue weighted by Gasteiger charge is 2.85. The standard InChI is InChI=1S/C34H53N5O6S.C8H17N.C5H10/c1-9-22-17-34(22,29(44)38-46(7,8)45)37-26(41)23-18-33(31(5,6)32(33)15-12-16-32)19-39(23)28(43)25(30(2,3)4)36-27(42)24(35-20-40)21-13-10-11-14-21;1-7(2)9-6-4-5-8(9)3;1-2-4-5-3-1/h9,20-25H,1,7,10-19H2,2-6,8H3,(H,35,40)(H,36,42)(H,37,41)(H,38,44,45);7-8H,4-6H2,1-3H3;1-5H2/t22-,23+,24?,25-,33?,34-,46?;8-;/m11./s1. The minimum Gasteiger partial charge on any atom is -0.347 e. The first-order valence-electron chi connectivity index (χ1n) is 23.2. The number of carbonyl (C=O) groups is 5. The van der Waals surface area contributed by atoms with Crippen LogP contribution in [0.1, 0.15) is 158 Å². The van der Waals surface area contributed by atoms with E-state index in [1.165, 1.54) is 57.7 Å². The number of rotatable bonds is 12. The quantitative estimate of drug-likeness (QED) is 0.108. The van der Waals surface area contributed by atoms with E-state index in [0.29, 0.717) is 25.8 Å². The fraction of sp³-hybridized carbons (Fsp3) is 0.830. The average molecular weight is 857 g/mol. The fourth-order valence-corrected chi connectivity index (χ4v) is 12.7. The Morgan fingerprint density at radius 2 is 1.48 bits per heavy atom. The molecule has 2 spiro atoms. The molecule has 0 aromatic carbocycles. The van der Waals surface area contributed by atoms with E-state index in [-0.39, 0.29) is 34.0 Å². The molecule has 60 heavy (non-hydrogen) atoms. The van der Waals surface area contributed by atoms with Crippen LogP contribution >= 0.6 is 0 Å². The summed E-state index contributed by atoms with van der Waals surface area (Å²) in [7, 11) is -2.89. The highest BCUT2D eigenvalue weighted by Crippen LogP contribution is 2.88. The molecule has 0 radical (unpaired) electrons. The fourth-order valence-electron chi connectivity index (χ4n) is 12.1. The second-order valence-electron chi connectivity index (χ2n) is 21.5. The molecule has 12 nitrogen and oxygen atoms in total. The van der Waals surface area contributed by atoms with E-state index >= 15 is 0 Å². The second-order valence-corrected chi connectivity index (χ2v) is 23.7. The summed E-state index contributed by atoms with van der Waals surface area (Å²) in [4.78, 5) is 71.7. The van der Waals surface area contributed by atoms with Crippen molar-refractivity contribution >= 4 is 45.6 Å². The predicted octanol–water partition coefficient (Wildman–Crippen LogP) is 5.89. The van der Waals surface area contributed by atoms with Crippen molar-refractivity contribution in [3.63, 3.8) is 0 Å². The smallest absolute Gasteiger partial charge is 0.257 e. The Balaban J connectivity index is 0.000000409. The summed E-state index contributed by atoms with van der Waals surface area (Å²) in [6.45, 7) is 22.5. The average Bonchev–Trinajstić information content (AvgIpc) is 3.69. The van der Waals surface area contributed by atoms with Gasteiger partial charge < -0.3 is 20.9 Å². The van der Waals surface area contributed by atoms with Crippen molar-refractivity contribution in [1.29, 1.82) is 0 Å². The summed E-state index contributed by atoms with van der Waals surface area (Å²) in [6, 6.07) is -0.980. The monoisotopic (exact) mass is 857 g/mol. The number of amides is 5. The van der Waals surface area contributed by atoms with Crippen molar-refractivity contribution in [2.75, 3.05) is 19.3 Å². The van der Waals surface area contributed by atoms with E-state index in [2.05, 4.69) is 72.6 Å². The zero-order chi connectivity index (χ0) is 44.5. The van der Waals surface area contributed by atoms with Gasteiger partial charge in [-0.2, -0.15) is 0 Å². The van der Waals surface area contributed by atoms with Gasteiger partial charge in [-0.1, -0.05) is 92.1 Å². The van der Waals surface area contributed by atoms with Gasteiger partial charge in [-0.3, -0.25) is 33.6 Å². The molecule has 2 saturated heterocycles. The normalized spacial score (nSPS) is 32.0. The number of likely N-dealkylation sites (tertiary alicyclic amines) is 2. The zero-order valence-electron chi connectivity index (χ0n) is 38.6. The van der Waals surface area contributed by atoms with Crippen LogP contribution in [0, 0.1) is 33.5 Å². The third-order valence-corrected chi connectivity index (χ3v) is 16.7. The molecule has 13 heteroatoms. The molecule has 0 bridgehead atoms. The third kappa shape index (κ3) is 9.52. The summed E-state index contributed by atoms with van der Waals surface area (Å²) in [6.07, 6.45) is 21.3. The Labute approximate surface area is 362 Å². The lowest BCUT2D eigenvalue weighted by molar-refractivity contribution is -0.145. The summed E-state index contributed by atoms with van der Waals surface area (Å²) >= 11 is 0. The lowest BCUT2D eigenvalue weighted by atomic mass is 9.73. The van der Waals surface area contributed by atoms with Gasteiger partial charge in [0.15, 0.2) is 0 Å². The van der Waals surface area contributed by atoms with Crippen LogP contribution in [0.4, 0.5) is 0 Å². The second kappa shape index (κ2) is 18.4. The molecule has 5 saturated carbocycles. The minimum absolute atomic E-state index is 0.00457. The Morgan fingerprint density at radius 1 is 0.883 bits per heavy atom. The third-order valence-electron chi connectivity index (χ3n) is 16.1. The Bertz CT molecular complexity index is 1700. The molecule has 340 valence electrons. The van der Waals surface area contributed by atoms with Crippen LogP contribution in [0.25, 0.3) is 0 Å². The summed E-state index contributed by atoms with van der Waals surface area (Å²) in [5.41, 5.74) is -2.35. The van der Waals surface area contributed by atoms with E-state index in [4.69, 9.17) is 0 Å². The van der Waals surface area contributed by atoms with Crippen molar-refractivity contribution in [2.45, 2.75) is 194 Å². The van der Waals surface area contributed by atoms with Gasteiger partial charge in [0, 0.05) is 45.9 Å². The molecule has 7 fully saturated rings. The molecule has 4 N–H and O–H groups in total. The summed E-state index contributed by atoms with van der Waals surface area (Å²) in [5.74, 6) is 1.39. The van der Waals surface area contributed by atoms with Gasteiger partial charge in [0.25, 0.3) is 5.91 Å². The van der Waals surface area contributed by atoms with Gasteiger partial charge in [-0.05, 0) is 107 Å². The van der Waals surface area contributed by atoms with Gasteiger partial charge in [0.1, 0.15) is 23.7 Å². The minimum atomic E-state index is -2.89. The van der Waals surface area contributed by atoms with E-state index < -0.39 is 56.5 Å². The van der Waals surface area contributed by atoms with Crippen LogP contribution in [0.5, 0.6) is 0 Å². The maximum absolute atomic E-state index is 14.7. The molecule has 5 amide bonds. The molecule has 0 aromatic rings. The van der Waals surface area contributed by atoms with Crippen molar-refractivity contribution in [3.05, 3.63) is 12.7 Å². The Hall–Kier alpha value is -2.93. The van der Waals surface area contributed by atoms with Gasteiger partial charge in [0.2, 0.25) is 24.1 Å². The number of fused-ring (bicyclic) bond motifs is 1. The Morgan fingerprint density at radius 3 is 1.88 bits per heavy atom. The highest BCUT2D eigenvalue weighted by molar-refractivity contribution is 7.98. The molecule has 8 atom stereocenters. The van der Waals surface area contributed by atoms with Crippen molar-refractivity contribution in [2.24, 2.45) is 33.5 Å². The first-order chi connectivity index (χ1) is 28.0. The largest absolute Gasteiger partial charge is 0.347 e. The number of carbonyl (C=O) groups excluding carboxylic acids is 5. The number of nitrogens with one attached hydrogen (secondary N) is 4. The van der Waals surface area contributed by atoms with Gasteiger partial charge in [-0.25, -0.2) is 4.21 Å². The van der Waals surface area contributed by atoms with Crippen molar-refractivity contribution < 1.29 is 28.2 Å².